The van der Waals surface area contributed by atoms with Crippen molar-refractivity contribution < 1.29 is 0 Å². The van der Waals surface area contributed by atoms with E-state index >= 15 is 0 Å². The summed E-state index contributed by atoms with van der Waals surface area (Å²) in [7, 11) is 0. The van der Waals surface area contributed by atoms with Gasteiger partial charge in [-0.2, -0.15) is 0 Å². The fraction of sp³-hybridized carbons (Fsp3) is 0.229. The molecule has 13 rings (SSSR count). The van der Waals surface area contributed by atoms with Crippen molar-refractivity contribution >= 4 is 101 Å². The number of hydrogen-bond donors (Lipinski definition) is 0. The third kappa shape index (κ3) is 7.25. The lowest BCUT2D eigenvalue weighted by Crippen LogP contribution is -2.61. The van der Waals surface area contributed by atoms with Crippen molar-refractivity contribution in [3.05, 3.63) is 210 Å². The molecule has 9 aromatic carbocycles. The van der Waals surface area contributed by atoms with Crippen molar-refractivity contribution in [2.75, 3.05) is 9.80 Å². The molecule has 0 spiro atoms. The highest BCUT2D eigenvalue weighted by atomic mass is 15.2. The monoisotopic (exact) mass is 975 g/mol. The van der Waals surface area contributed by atoms with E-state index < -0.39 is 0 Å². The number of nitrogens with zero attached hydrogens (tertiary/aromatic N) is 4. The molecular formula is C70H67BN4. The van der Waals surface area contributed by atoms with Crippen LogP contribution in [0.1, 0.15) is 105 Å². The number of para-hydroxylation sites is 4. The average Bonchev–Trinajstić information content (AvgIpc) is 3.91. The Balaban J connectivity index is 1.15. The minimum atomic E-state index is -0.0952. The Morgan fingerprint density at radius 1 is 0.293 bits per heavy atom. The van der Waals surface area contributed by atoms with Gasteiger partial charge in [-0.1, -0.05) is 174 Å². The van der Waals surface area contributed by atoms with Gasteiger partial charge in [-0.15, -0.1) is 0 Å². The number of anilines is 6. The first-order valence-electron chi connectivity index (χ1n) is 27.1. The zero-order valence-corrected chi connectivity index (χ0v) is 45.8. The molecule has 0 aliphatic carbocycles. The van der Waals surface area contributed by atoms with Gasteiger partial charge in [0.1, 0.15) is 0 Å². The summed E-state index contributed by atoms with van der Waals surface area (Å²) in [5, 5.41) is 5.14. The zero-order valence-electron chi connectivity index (χ0n) is 45.8. The highest BCUT2D eigenvalue weighted by molar-refractivity contribution is 7.00. The fourth-order valence-electron chi connectivity index (χ4n) is 12.5. The molecule has 75 heavy (non-hydrogen) atoms. The minimum Gasteiger partial charge on any atom is -0.309 e. The van der Waals surface area contributed by atoms with Gasteiger partial charge in [0.25, 0.3) is 6.71 Å². The molecule has 4 nitrogen and oxygen atoms in total. The molecular weight excluding hydrogens is 908 g/mol. The molecule has 11 aromatic rings. The first kappa shape index (κ1) is 47.0. The predicted molar refractivity (Wildman–Crippen MR) is 324 cm³/mol. The summed E-state index contributed by atoms with van der Waals surface area (Å²) in [6.07, 6.45) is 0. The fourth-order valence-corrected chi connectivity index (χ4v) is 12.5. The Morgan fingerprint density at radius 2 is 0.587 bits per heavy atom. The standard InChI is InChI=1S/C70H67BN4/c1-67(2,3)44-32-36-56-50(40-44)51-41-45(68(4,5)6)33-37-57(51)74(56)62-30-19-26-54-65(62)72(48-22-15-13-16-23-48)60-28-21-29-61-64(60)71(54)55-27-20-31-63(66(55)73(61)49-24-17-14-18-25-49)75-58-38-34-46(69(7,8)9)42-52(58)53-43-47(70(10,11)12)35-39-59(53)75/h13-43H,1-12H3. The van der Waals surface area contributed by atoms with Gasteiger partial charge in [0.2, 0.25) is 0 Å². The van der Waals surface area contributed by atoms with Gasteiger partial charge in [-0.3, -0.25) is 0 Å². The summed E-state index contributed by atoms with van der Waals surface area (Å²) in [6, 6.07) is 72.1. The van der Waals surface area contributed by atoms with E-state index in [1.807, 2.05) is 0 Å². The van der Waals surface area contributed by atoms with Crippen LogP contribution in [0, 0.1) is 0 Å². The smallest absolute Gasteiger partial charge is 0.252 e. The summed E-state index contributed by atoms with van der Waals surface area (Å²) in [4.78, 5) is 5.13. The molecule has 0 fully saturated rings. The molecule has 0 N–H and O–H groups in total. The van der Waals surface area contributed by atoms with Crippen LogP contribution in [0.5, 0.6) is 0 Å². The maximum absolute atomic E-state index is 2.57. The van der Waals surface area contributed by atoms with Crippen molar-refractivity contribution in [1.29, 1.82) is 0 Å². The van der Waals surface area contributed by atoms with Crippen molar-refractivity contribution in [2.24, 2.45) is 0 Å². The normalized spacial score (nSPS) is 13.8. The average molecular weight is 975 g/mol. The van der Waals surface area contributed by atoms with E-state index in [2.05, 4.69) is 290 Å². The Labute approximate surface area is 444 Å². The van der Waals surface area contributed by atoms with E-state index in [1.165, 1.54) is 105 Å². The van der Waals surface area contributed by atoms with Crippen LogP contribution in [0.3, 0.4) is 0 Å². The SMILES string of the molecule is CC(C)(C)c1ccc2c(c1)c1cc(C(C)(C)C)ccc1n2-c1cccc2c1N(c1ccccc1)c1cccc3c1B2c1cccc(-n2c4ccc(C(C)(C)C)cc4c4cc(C(C)(C)C)ccc42)c1N3c1ccccc1. The first-order valence-corrected chi connectivity index (χ1v) is 27.1. The molecule has 2 aliphatic heterocycles. The van der Waals surface area contributed by atoms with Crippen molar-refractivity contribution in [3.63, 3.8) is 0 Å². The summed E-state index contributed by atoms with van der Waals surface area (Å²) in [6.45, 7) is 27.8. The topological polar surface area (TPSA) is 16.3 Å². The lowest BCUT2D eigenvalue weighted by molar-refractivity contribution is 0.590. The second-order valence-corrected chi connectivity index (χ2v) is 25.5. The Kier molecular flexibility index (Phi) is 10.3. The largest absolute Gasteiger partial charge is 0.309 e. The van der Waals surface area contributed by atoms with E-state index in [1.54, 1.807) is 0 Å². The molecule has 0 atom stereocenters. The molecule has 0 saturated heterocycles. The lowest BCUT2D eigenvalue weighted by atomic mass is 9.33. The van der Waals surface area contributed by atoms with Crippen LogP contribution in [0.2, 0.25) is 0 Å². The summed E-state index contributed by atoms with van der Waals surface area (Å²) >= 11 is 0. The minimum absolute atomic E-state index is 0.00743. The summed E-state index contributed by atoms with van der Waals surface area (Å²) in [5.41, 5.74) is 23.4. The third-order valence-electron chi connectivity index (χ3n) is 16.5. The highest BCUT2D eigenvalue weighted by Crippen LogP contribution is 2.50. The molecule has 0 unspecified atom stereocenters. The van der Waals surface area contributed by atoms with Crippen LogP contribution in [-0.4, -0.2) is 15.8 Å². The number of rotatable bonds is 4. The van der Waals surface area contributed by atoms with Gasteiger partial charge in [0.05, 0.1) is 44.8 Å². The molecule has 0 amide bonds. The molecule has 0 radical (unpaired) electrons. The van der Waals surface area contributed by atoms with Crippen molar-refractivity contribution in [1.82, 2.24) is 9.13 Å². The molecule has 370 valence electrons. The highest BCUT2D eigenvalue weighted by Gasteiger charge is 2.45. The molecule has 2 aliphatic rings. The number of hydrogen-bond acceptors (Lipinski definition) is 2. The number of aromatic nitrogens is 2. The van der Waals surface area contributed by atoms with Gasteiger partial charge < -0.3 is 18.9 Å². The second kappa shape index (κ2) is 16.4. The van der Waals surface area contributed by atoms with Crippen LogP contribution in [0.15, 0.2) is 188 Å². The van der Waals surface area contributed by atoms with Gasteiger partial charge in [-0.25, -0.2) is 0 Å². The molecule has 5 heteroatoms. The maximum atomic E-state index is 2.57. The van der Waals surface area contributed by atoms with Crippen LogP contribution in [0.25, 0.3) is 55.0 Å². The predicted octanol–water partition coefficient (Wildman–Crippen LogP) is 17.2. The Morgan fingerprint density at radius 3 is 0.893 bits per heavy atom. The van der Waals surface area contributed by atoms with Gasteiger partial charge in [0.15, 0.2) is 0 Å². The van der Waals surface area contributed by atoms with E-state index in [0.29, 0.717) is 0 Å². The van der Waals surface area contributed by atoms with E-state index in [4.69, 9.17) is 0 Å². The Hall–Kier alpha value is -7.76. The zero-order chi connectivity index (χ0) is 52.1. The first-order chi connectivity index (χ1) is 35.8. The van der Waals surface area contributed by atoms with Crippen LogP contribution < -0.4 is 26.2 Å². The Bertz CT molecular complexity index is 3700. The van der Waals surface area contributed by atoms with E-state index in [0.717, 1.165) is 22.7 Å². The van der Waals surface area contributed by atoms with Gasteiger partial charge in [-0.05, 0) is 157 Å². The van der Waals surface area contributed by atoms with E-state index in [9.17, 15) is 0 Å². The lowest BCUT2D eigenvalue weighted by Gasteiger charge is -2.45. The van der Waals surface area contributed by atoms with Crippen molar-refractivity contribution in [3.8, 4) is 11.4 Å². The number of benzene rings is 9. The van der Waals surface area contributed by atoms with Gasteiger partial charge in [0, 0.05) is 44.3 Å². The van der Waals surface area contributed by atoms with Gasteiger partial charge >= 0.3 is 0 Å². The van der Waals surface area contributed by atoms with E-state index in [-0.39, 0.29) is 28.4 Å². The van der Waals surface area contributed by atoms with Crippen LogP contribution in [0.4, 0.5) is 34.1 Å². The molecule has 4 heterocycles. The summed E-state index contributed by atoms with van der Waals surface area (Å²) < 4.78 is 5.14. The molecule has 2 aromatic heterocycles. The molecule has 0 bridgehead atoms. The van der Waals surface area contributed by atoms with Crippen LogP contribution >= 0.6 is 0 Å². The number of fused-ring (bicyclic) bond motifs is 10. The van der Waals surface area contributed by atoms with Crippen molar-refractivity contribution in [2.45, 2.75) is 105 Å². The quantitative estimate of drug-likeness (QED) is 0.163. The summed E-state index contributed by atoms with van der Waals surface area (Å²) in [5.74, 6) is 0. The second-order valence-electron chi connectivity index (χ2n) is 25.5. The maximum Gasteiger partial charge on any atom is 0.252 e. The third-order valence-corrected chi connectivity index (χ3v) is 16.5. The molecule has 0 saturated carbocycles. The van der Waals surface area contributed by atoms with Crippen LogP contribution in [-0.2, 0) is 21.7 Å².